The van der Waals surface area contributed by atoms with Crippen LogP contribution >= 0.6 is 11.6 Å². The maximum atomic E-state index is 9.56. The molecule has 0 saturated heterocycles. The van der Waals surface area contributed by atoms with Crippen molar-refractivity contribution in [3.05, 3.63) is 35.6 Å². The van der Waals surface area contributed by atoms with Crippen LogP contribution in [-0.4, -0.2) is 14.7 Å². The van der Waals surface area contributed by atoms with E-state index in [0.29, 0.717) is 11.1 Å². The average Bonchev–Trinajstić information content (AvgIpc) is 2.70. The molecule has 2 aromatic rings. The Morgan fingerprint density at radius 3 is 2.81 bits per heavy atom. The van der Waals surface area contributed by atoms with E-state index in [9.17, 15) is 5.11 Å². The van der Waals surface area contributed by atoms with Crippen LogP contribution in [0.25, 0.3) is 11.4 Å². The van der Waals surface area contributed by atoms with Crippen LogP contribution in [0.4, 0.5) is 0 Å². The molecule has 84 valence electrons. The summed E-state index contributed by atoms with van der Waals surface area (Å²) in [5, 5.41) is 9.90. The number of phenols is 1. The monoisotopic (exact) mass is 236 g/mol. The Bertz CT molecular complexity index is 505. The summed E-state index contributed by atoms with van der Waals surface area (Å²) in [6.45, 7) is 4.14. The third-order valence-electron chi connectivity index (χ3n) is 2.44. The zero-order chi connectivity index (χ0) is 11.7. The van der Waals surface area contributed by atoms with E-state index in [1.165, 1.54) is 0 Å². The Balaban J connectivity index is 2.59. The quantitative estimate of drug-likeness (QED) is 0.867. The fraction of sp³-hybridized carbons (Fsp3) is 0.250. The van der Waals surface area contributed by atoms with Crippen LogP contribution in [0.15, 0.2) is 30.6 Å². The van der Waals surface area contributed by atoms with Gasteiger partial charge in [-0.3, -0.25) is 0 Å². The van der Waals surface area contributed by atoms with Crippen molar-refractivity contribution in [2.24, 2.45) is 0 Å². The number of aromatic hydroxyl groups is 1. The molecule has 0 aliphatic carbocycles. The van der Waals surface area contributed by atoms with Gasteiger partial charge >= 0.3 is 0 Å². The van der Waals surface area contributed by atoms with Crippen LogP contribution in [0.2, 0.25) is 5.02 Å². The first-order valence-corrected chi connectivity index (χ1v) is 5.49. The predicted octanol–water partition coefficient (Wildman–Crippen LogP) is 3.49. The highest BCUT2D eigenvalue weighted by Gasteiger charge is 2.13. The van der Waals surface area contributed by atoms with E-state index in [1.807, 2.05) is 16.8 Å². The Morgan fingerprint density at radius 2 is 2.12 bits per heavy atom. The number of rotatable bonds is 2. The van der Waals surface area contributed by atoms with Crippen LogP contribution in [0.1, 0.15) is 19.9 Å². The molecule has 16 heavy (non-hydrogen) atoms. The smallest absolute Gasteiger partial charge is 0.141 e. The first-order chi connectivity index (χ1) is 7.61. The summed E-state index contributed by atoms with van der Waals surface area (Å²) in [6.07, 6.45) is 3.64. The number of nitrogens with zero attached hydrogens (tertiary/aromatic N) is 2. The van der Waals surface area contributed by atoms with Gasteiger partial charge in [0.05, 0.1) is 5.02 Å². The molecule has 1 N–H and O–H groups in total. The molecule has 0 aliphatic heterocycles. The Kier molecular flexibility index (Phi) is 2.88. The second kappa shape index (κ2) is 4.18. The molecular weight excluding hydrogens is 224 g/mol. The van der Waals surface area contributed by atoms with E-state index in [1.54, 1.807) is 18.3 Å². The van der Waals surface area contributed by atoms with Crippen molar-refractivity contribution in [2.45, 2.75) is 19.9 Å². The standard InChI is InChI=1S/C12H13ClN2O/c1-8(2)15-7-6-14-12(15)9-4-3-5-10(16)11(9)13/h3-8,16H,1-2H3. The lowest BCUT2D eigenvalue weighted by Crippen LogP contribution is -2.01. The average molecular weight is 237 g/mol. The minimum absolute atomic E-state index is 0.0810. The maximum absolute atomic E-state index is 9.56. The Morgan fingerprint density at radius 1 is 1.38 bits per heavy atom. The zero-order valence-electron chi connectivity index (χ0n) is 9.18. The fourth-order valence-corrected chi connectivity index (χ4v) is 1.84. The number of halogens is 1. The number of imidazole rings is 1. The van der Waals surface area contributed by atoms with Gasteiger partial charge in [0.15, 0.2) is 0 Å². The summed E-state index contributed by atoms with van der Waals surface area (Å²) in [4.78, 5) is 4.28. The highest BCUT2D eigenvalue weighted by molar-refractivity contribution is 6.34. The van der Waals surface area contributed by atoms with E-state index >= 15 is 0 Å². The van der Waals surface area contributed by atoms with Gasteiger partial charge in [-0.1, -0.05) is 17.7 Å². The molecule has 0 amide bonds. The molecule has 1 aromatic heterocycles. The van der Waals surface area contributed by atoms with E-state index in [0.717, 1.165) is 11.4 Å². The van der Waals surface area contributed by atoms with Gasteiger partial charge in [-0.15, -0.1) is 0 Å². The molecule has 0 saturated carbocycles. The van der Waals surface area contributed by atoms with E-state index in [2.05, 4.69) is 18.8 Å². The first kappa shape index (κ1) is 11.0. The molecule has 0 unspecified atom stereocenters. The molecule has 1 heterocycles. The Labute approximate surface area is 99.3 Å². The topological polar surface area (TPSA) is 38.0 Å². The van der Waals surface area contributed by atoms with Gasteiger partial charge in [0.1, 0.15) is 11.6 Å². The van der Waals surface area contributed by atoms with Crippen molar-refractivity contribution in [1.29, 1.82) is 0 Å². The summed E-state index contributed by atoms with van der Waals surface area (Å²) in [5.74, 6) is 0.855. The summed E-state index contributed by atoms with van der Waals surface area (Å²) in [6, 6.07) is 5.48. The van der Waals surface area contributed by atoms with Crippen LogP contribution in [-0.2, 0) is 0 Å². The number of hydrogen-bond acceptors (Lipinski definition) is 2. The van der Waals surface area contributed by atoms with Gasteiger partial charge in [-0.05, 0) is 26.0 Å². The molecule has 4 heteroatoms. The molecule has 0 bridgehead atoms. The fourth-order valence-electron chi connectivity index (χ4n) is 1.63. The highest BCUT2D eigenvalue weighted by Crippen LogP contribution is 2.34. The summed E-state index contributed by atoms with van der Waals surface area (Å²) in [7, 11) is 0. The van der Waals surface area contributed by atoms with Gasteiger partial charge in [-0.2, -0.15) is 0 Å². The van der Waals surface area contributed by atoms with Gasteiger partial charge in [0, 0.05) is 24.0 Å². The normalized spacial score (nSPS) is 11.0. The zero-order valence-corrected chi connectivity index (χ0v) is 9.94. The van der Waals surface area contributed by atoms with Crippen molar-refractivity contribution >= 4 is 11.6 Å². The lowest BCUT2D eigenvalue weighted by Gasteiger charge is -2.12. The van der Waals surface area contributed by atoms with Crippen molar-refractivity contribution < 1.29 is 5.11 Å². The third kappa shape index (κ3) is 1.78. The second-order valence-corrected chi connectivity index (χ2v) is 4.27. The van der Waals surface area contributed by atoms with Crippen LogP contribution in [0.3, 0.4) is 0 Å². The molecule has 0 atom stereocenters. The van der Waals surface area contributed by atoms with Gasteiger partial charge in [-0.25, -0.2) is 4.98 Å². The number of benzene rings is 1. The maximum Gasteiger partial charge on any atom is 0.141 e. The van der Waals surface area contributed by atoms with Crippen LogP contribution in [0, 0.1) is 0 Å². The SMILES string of the molecule is CC(C)n1ccnc1-c1cccc(O)c1Cl. The molecule has 1 aromatic carbocycles. The van der Waals surface area contributed by atoms with Crippen molar-refractivity contribution in [3.63, 3.8) is 0 Å². The van der Waals surface area contributed by atoms with Crippen molar-refractivity contribution in [2.75, 3.05) is 0 Å². The van der Waals surface area contributed by atoms with Crippen LogP contribution in [0.5, 0.6) is 5.75 Å². The first-order valence-electron chi connectivity index (χ1n) is 5.12. The minimum Gasteiger partial charge on any atom is -0.506 e. The predicted molar refractivity (Wildman–Crippen MR) is 64.7 cm³/mol. The number of hydrogen-bond donors (Lipinski definition) is 1. The third-order valence-corrected chi connectivity index (χ3v) is 2.84. The van der Waals surface area contributed by atoms with Gasteiger partial charge in [0.2, 0.25) is 0 Å². The van der Waals surface area contributed by atoms with E-state index in [-0.39, 0.29) is 5.75 Å². The van der Waals surface area contributed by atoms with E-state index < -0.39 is 0 Å². The molecule has 0 spiro atoms. The van der Waals surface area contributed by atoms with Gasteiger partial charge < -0.3 is 9.67 Å². The number of phenolic OH excluding ortho intramolecular Hbond substituents is 1. The minimum atomic E-state index is 0.0810. The number of aromatic nitrogens is 2. The molecule has 0 aliphatic rings. The second-order valence-electron chi connectivity index (χ2n) is 3.89. The lowest BCUT2D eigenvalue weighted by atomic mass is 10.2. The summed E-state index contributed by atoms with van der Waals surface area (Å²) < 4.78 is 2.01. The summed E-state index contributed by atoms with van der Waals surface area (Å²) in [5.41, 5.74) is 0.750. The van der Waals surface area contributed by atoms with Crippen molar-refractivity contribution in [1.82, 2.24) is 9.55 Å². The molecule has 0 radical (unpaired) electrons. The molecule has 0 fully saturated rings. The molecular formula is C12H13ClN2O. The molecule has 2 rings (SSSR count). The lowest BCUT2D eigenvalue weighted by molar-refractivity contribution is 0.475. The summed E-state index contributed by atoms with van der Waals surface area (Å²) >= 11 is 6.06. The molecule has 3 nitrogen and oxygen atoms in total. The highest BCUT2D eigenvalue weighted by atomic mass is 35.5. The largest absolute Gasteiger partial charge is 0.506 e. The Hall–Kier alpha value is -1.48. The van der Waals surface area contributed by atoms with Crippen molar-refractivity contribution in [3.8, 4) is 17.1 Å². The van der Waals surface area contributed by atoms with E-state index in [4.69, 9.17) is 11.6 Å². The van der Waals surface area contributed by atoms with Crippen LogP contribution < -0.4 is 0 Å². The van der Waals surface area contributed by atoms with Gasteiger partial charge in [0.25, 0.3) is 0 Å².